The molecule has 0 saturated carbocycles. The minimum absolute atomic E-state index is 0.250. The average molecular weight is 295 g/mol. The highest BCUT2D eigenvalue weighted by Gasteiger charge is 2.23. The Kier molecular flexibility index (Phi) is 6.97. The summed E-state index contributed by atoms with van der Waals surface area (Å²) in [6.07, 6.45) is 8.49. The maximum Gasteiger partial charge on any atom is 0.223 e. The number of likely N-dealkylation sites (tertiary alicyclic amines) is 2. The van der Waals surface area contributed by atoms with Crippen molar-refractivity contribution in [2.75, 3.05) is 39.8 Å². The van der Waals surface area contributed by atoms with Crippen molar-refractivity contribution >= 4 is 5.91 Å². The quantitative estimate of drug-likeness (QED) is 0.762. The molecule has 0 radical (unpaired) electrons. The van der Waals surface area contributed by atoms with Crippen LogP contribution in [0.25, 0.3) is 0 Å². The highest BCUT2D eigenvalue weighted by atomic mass is 16.1. The first-order valence-electron chi connectivity index (χ1n) is 8.91. The van der Waals surface area contributed by atoms with Gasteiger partial charge in [-0.2, -0.15) is 0 Å². The molecule has 0 spiro atoms. The Hall–Kier alpha value is -0.610. The molecular formula is C17H33N3O. The van der Waals surface area contributed by atoms with Gasteiger partial charge in [0.25, 0.3) is 0 Å². The lowest BCUT2D eigenvalue weighted by atomic mass is 9.96. The van der Waals surface area contributed by atoms with E-state index in [-0.39, 0.29) is 11.8 Å². The van der Waals surface area contributed by atoms with Crippen molar-refractivity contribution in [3.05, 3.63) is 0 Å². The summed E-state index contributed by atoms with van der Waals surface area (Å²) in [6.45, 7) is 7.66. The lowest BCUT2D eigenvalue weighted by molar-refractivity contribution is -0.126. The minimum Gasteiger partial charge on any atom is -0.356 e. The van der Waals surface area contributed by atoms with E-state index in [1.54, 1.807) is 0 Å². The number of rotatable bonds is 6. The Morgan fingerprint density at radius 2 is 1.90 bits per heavy atom. The fraction of sp³-hybridized carbons (Fsp3) is 0.941. The van der Waals surface area contributed by atoms with Gasteiger partial charge < -0.3 is 15.1 Å². The first-order valence-corrected chi connectivity index (χ1v) is 8.91. The zero-order chi connectivity index (χ0) is 15.1. The summed E-state index contributed by atoms with van der Waals surface area (Å²) in [5.41, 5.74) is 0. The SMILES string of the molecule is CC[C@@H]1CCCCN1CCCNC(=O)C1CCN(C)CC1. The van der Waals surface area contributed by atoms with Gasteiger partial charge in [0.15, 0.2) is 0 Å². The van der Waals surface area contributed by atoms with Crippen LogP contribution in [0.3, 0.4) is 0 Å². The average Bonchev–Trinajstić information content (AvgIpc) is 2.52. The van der Waals surface area contributed by atoms with Gasteiger partial charge in [-0.1, -0.05) is 13.3 Å². The molecule has 0 aromatic carbocycles. The van der Waals surface area contributed by atoms with Gasteiger partial charge in [0.05, 0.1) is 0 Å². The fourth-order valence-electron chi connectivity index (χ4n) is 3.73. The number of nitrogens with zero attached hydrogens (tertiary/aromatic N) is 2. The summed E-state index contributed by atoms with van der Waals surface area (Å²) < 4.78 is 0. The standard InChI is InChI=1S/C17H33N3O/c1-3-16-7-4-5-11-20(16)12-6-10-18-17(21)15-8-13-19(2)14-9-15/h15-16H,3-14H2,1-2H3,(H,18,21)/t16-/m1/s1. The Morgan fingerprint density at radius 3 is 2.62 bits per heavy atom. The molecule has 1 N–H and O–H groups in total. The Bertz CT molecular complexity index is 313. The second kappa shape index (κ2) is 8.74. The zero-order valence-corrected chi connectivity index (χ0v) is 13.9. The number of hydrogen-bond donors (Lipinski definition) is 1. The van der Waals surface area contributed by atoms with Gasteiger partial charge in [-0.05, 0) is 65.2 Å². The number of amides is 1. The van der Waals surface area contributed by atoms with E-state index < -0.39 is 0 Å². The molecule has 2 rings (SSSR count). The summed E-state index contributed by atoms with van der Waals surface area (Å²) in [4.78, 5) is 17.1. The predicted octanol–water partition coefficient (Wildman–Crippen LogP) is 2.10. The molecule has 0 aliphatic carbocycles. The molecule has 2 aliphatic heterocycles. The van der Waals surface area contributed by atoms with E-state index >= 15 is 0 Å². The van der Waals surface area contributed by atoms with Gasteiger partial charge in [0, 0.05) is 25.0 Å². The third kappa shape index (κ3) is 5.26. The molecule has 0 aromatic rings. The van der Waals surface area contributed by atoms with Crippen LogP contribution in [0.1, 0.15) is 51.9 Å². The highest BCUT2D eigenvalue weighted by Crippen LogP contribution is 2.19. The molecule has 4 heteroatoms. The van der Waals surface area contributed by atoms with Crippen molar-refractivity contribution in [2.45, 2.75) is 57.9 Å². The molecule has 2 fully saturated rings. The number of hydrogen-bond acceptors (Lipinski definition) is 3. The fourth-order valence-corrected chi connectivity index (χ4v) is 3.73. The number of carbonyl (C=O) groups is 1. The molecule has 0 bridgehead atoms. The largest absolute Gasteiger partial charge is 0.356 e. The second-order valence-electron chi connectivity index (χ2n) is 6.82. The van der Waals surface area contributed by atoms with Crippen LogP contribution in [-0.2, 0) is 4.79 Å². The lowest BCUT2D eigenvalue weighted by Gasteiger charge is -2.35. The van der Waals surface area contributed by atoms with Crippen LogP contribution < -0.4 is 5.32 Å². The molecule has 1 amide bonds. The van der Waals surface area contributed by atoms with Gasteiger partial charge >= 0.3 is 0 Å². The summed E-state index contributed by atoms with van der Waals surface area (Å²) in [5.74, 6) is 0.536. The second-order valence-corrected chi connectivity index (χ2v) is 6.82. The molecule has 21 heavy (non-hydrogen) atoms. The summed E-state index contributed by atoms with van der Waals surface area (Å²) in [6, 6.07) is 0.781. The number of piperidine rings is 2. The van der Waals surface area contributed by atoms with Crippen molar-refractivity contribution in [1.29, 1.82) is 0 Å². The Labute approximate surface area is 130 Å². The van der Waals surface area contributed by atoms with Crippen LogP contribution in [0, 0.1) is 5.92 Å². The maximum atomic E-state index is 12.1. The molecule has 122 valence electrons. The third-order valence-corrected chi connectivity index (χ3v) is 5.23. The zero-order valence-electron chi connectivity index (χ0n) is 13.9. The molecule has 2 saturated heterocycles. The van der Waals surface area contributed by atoms with Crippen molar-refractivity contribution < 1.29 is 4.79 Å². The van der Waals surface area contributed by atoms with E-state index in [4.69, 9.17) is 0 Å². The van der Waals surface area contributed by atoms with Gasteiger partial charge in [0.1, 0.15) is 0 Å². The predicted molar refractivity (Wildman–Crippen MR) is 87.4 cm³/mol. The van der Waals surface area contributed by atoms with E-state index in [9.17, 15) is 4.79 Å². The summed E-state index contributed by atoms with van der Waals surface area (Å²) in [7, 11) is 2.14. The van der Waals surface area contributed by atoms with E-state index in [2.05, 4.69) is 29.1 Å². The van der Waals surface area contributed by atoms with Crippen molar-refractivity contribution in [2.24, 2.45) is 5.92 Å². The molecular weight excluding hydrogens is 262 g/mol. The molecule has 1 atom stereocenters. The van der Waals surface area contributed by atoms with Gasteiger partial charge in [-0.3, -0.25) is 4.79 Å². The molecule has 4 nitrogen and oxygen atoms in total. The first-order chi connectivity index (χ1) is 10.2. The van der Waals surface area contributed by atoms with E-state index in [0.717, 1.165) is 51.5 Å². The highest BCUT2D eigenvalue weighted by molar-refractivity contribution is 5.78. The van der Waals surface area contributed by atoms with Crippen LogP contribution >= 0.6 is 0 Å². The van der Waals surface area contributed by atoms with Crippen molar-refractivity contribution in [3.8, 4) is 0 Å². The van der Waals surface area contributed by atoms with Crippen LogP contribution in [0.4, 0.5) is 0 Å². The van der Waals surface area contributed by atoms with Crippen LogP contribution in [0.2, 0.25) is 0 Å². The van der Waals surface area contributed by atoms with Gasteiger partial charge in [-0.25, -0.2) is 0 Å². The van der Waals surface area contributed by atoms with E-state index in [0.29, 0.717) is 0 Å². The molecule has 0 unspecified atom stereocenters. The Balaban J connectivity index is 1.59. The van der Waals surface area contributed by atoms with E-state index in [1.165, 1.54) is 32.2 Å². The molecule has 2 aliphatic rings. The van der Waals surface area contributed by atoms with Crippen LogP contribution in [0.15, 0.2) is 0 Å². The first kappa shape index (κ1) is 16.8. The summed E-state index contributed by atoms with van der Waals surface area (Å²) in [5, 5.41) is 3.16. The summed E-state index contributed by atoms with van der Waals surface area (Å²) >= 11 is 0. The topological polar surface area (TPSA) is 35.6 Å². The third-order valence-electron chi connectivity index (χ3n) is 5.23. The maximum absolute atomic E-state index is 12.1. The lowest BCUT2D eigenvalue weighted by Crippen LogP contribution is -2.42. The molecule has 0 aromatic heterocycles. The van der Waals surface area contributed by atoms with Crippen molar-refractivity contribution in [3.63, 3.8) is 0 Å². The minimum atomic E-state index is 0.250. The van der Waals surface area contributed by atoms with Crippen LogP contribution in [0.5, 0.6) is 0 Å². The Morgan fingerprint density at radius 1 is 1.14 bits per heavy atom. The number of carbonyl (C=O) groups excluding carboxylic acids is 1. The smallest absolute Gasteiger partial charge is 0.223 e. The van der Waals surface area contributed by atoms with Crippen LogP contribution in [-0.4, -0.2) is 61.5 Å². The van der Waals surface area contributed by atoms with E-state index in [1.807, 2.05) is 0 Å². The molecule has 2 heterocycles. The normalized spacial score (nSPS) is 25.9. The van der Waals surface area contributed by atoms with Gasteiger partial charge in [0.2, 0.25) is 5.91 Å². The van der Waals surface area contributed by atoms with Crippen molar-refractivity contribution in [1.82, 2.24) is 15.1 Å². The van der Waals surface area contributed by atoms with Gasteiger partial charge in [-0.15, -0.1) is 0 Å². The monoisotopic (exact) mass is 295 g/mol. The number of nitrogens with one attached hydrogen (secondary N) is 1.